The first-order chi connectivity index (χ1) is 21.3. The second-order valence-electron chi connectivity index (χ2n) is 12.0. The molecular weight excluding hydrogens is 623 g/mol. The van der Waals surface area contributed by atoms with E-state index >= 15 is 0 Å². The van der Waals surface area contributed by atoms with Crippen LogP contribution in [0.1, 0.15) is 77.8 Å². The van der Waals surface area contributed by atoms with Crippen LogP contribution in [0.5, 0.6) is 0 Å². The number of pyridine rings is 1. The van der Waals surface area contributed by atoms with Crippen LogP contribution in [0.4, 0.5) is 16.0 Å². The van der Waals surface area contributed by atoms with Gasteiger partial charge in [-0.2, -0.15) is 5.10 Å². The van der Waals surface area contributed by atoms with Crippen LogP contribution in [0, 0.1) is 5.82 Å². The Morgan fingerprint density at radius 2 is 1.80 bits per heavy atom. The van der Waals surface area contributed by atoms with E-state index < -0.39 is 22.0 Å². The highest BCUT2D eigenvalue weighted by Gasteiger charge is 2.30. The van der Waals surface area contributed by atoms with E-state index in [1.165, 1.54) is 16.9 Å². The van der Waals surface area contributed by atoms with Gasteiger partial charge in [0.2, 0.25) is 16.0 Å². The molecule has 2 N–H and O–H groups in total. The van der Waals surface area contributed by atoms with Gasteiger partial charge in [0.25, 0.3) is 11.5 Å². The number of amides is 1. The fourth-order valence-corrected chi connectivity index (χ4v) is 6.62. The Bertz CT molecular complexity index is 1980. The molecule has 1 aliphatic carbocycles. The summed E-state index contributed by atoms with van der Waals surface area (Å²) in [5.74, 6) is -0.388. The predicted molar refractivity (Wildman–Crippen MR) is 170 cm³/mol. The van der Waals surface area contributed by atoms with Gasteiger partial charge in [0.05, 0.1) is 35.1 Å². The van der Waals surface area contributed by atoms with Crippen LogP contribution in [0.3, 0.4) is 0 Å². The lowest BCUT2D eigenvalue weighted by atomic mass is 9.93. The maximum atomic E-state index is 14.4. The lowest BCUT2D eigenvalue weighted by Gasteiger charge is -2.33. The van der Waals surface area contributed by atoms with Crippen LogP contribution in [-0.4, -0.2) is 58.0 Å². The van der Waals surface area contributed by atoms with Crippen LogP contribution < -0.4 is 20.5 Å². The quantitative estimate of drug-likeness (QED) is 0.269. The molecule has 1 saturated heterocycles. The minimum atomic E-state index is -3.85. The molecule has 6 rings (SSSR count). The summed E-state index contributed by atoms with van der Waals surface area (Å²) < 4.78 is 42.9. The molecule has 1 aliphatic heterocycles. The Kier molecular flexibility index (Phi) is 8.06. The van der Waals surface area contributed by atoms with Crippen LogP contribution in [-0.2, 0) is 24.1 Å². The van der Waals surface area contributed by atoms with E-state index in [0.717, 1.165) is 30.2 Å². The van der Waals surface area contributed by atoms with Gasteiger partial charge >= 0.3 is 0 Å². The number of aryl methyl sites for hydroxylation is 1. The Morgan fingerprint density at radius 1 is 1.09 bits per heavy atom. The molecule has 2 fully saturated rings. The first-order valence-corrected chi connectivity index (χ1v) is 17.0. The Hall–Kier alpha value is -4.04. The average molecular weight is 657 g/mol. The van der Waals surface area contributed by atoms with E-state index in [-0.39, 0.29) is 33.8 Å². The van der Waals surface area contributed by atoms with Crippen molar-refractivity contribution in [2.24, 2.45) is 14.1 Å². The molecule has 0 bridgehead atoms. The summed E-state index contributed by atoms with van der Waals surface area (Å²) in [6, 6.07) is 6.56. The molecule has 3 aromatic heterocycles. The Balaban J connectivity index is 1.36. The SMILES string of the molecule is C[C@@H](Nc1ccc(Cl)nc1C(=O)NS(C)(=O)=O)c1cc(C2CC2)cc2c(=O)n(C)c(N3CCC(c4nn(C)cc4F)CC3)nc12. The van der Waals surface area contributed by atoms with E-state index in [2.05, 4.69) is 15.4 Å². The predicted octanol–water partition coefficient (Wildman–Crippen LogP) is 3.98. The molecule has 1 saturated carbocycles. The van der Waals surface area contributed by atoms with Crippen LogP contribution in [0.2, 0.25) is 5.15 Å². The summed E-state index contributed by atoms with van der Waals surface area (Å²) >= 11 is 6.06. The standard InChI is InChI=1S/C30H34ClFN8O4S/c1-16(33-23-7-8-24(31)34-27(23)28(41)37-45(4,43)44)20-13-19(17-5-6-17)14-21-26(20)35-30(39(3)29(21)42)40-11-9-18(10-12-40)25-22(32)15-38(2)36-25/h7-8,13-18,33H,5-6,9-12H2,1-4H3,(H,37,41)/t16-/m1/s1. The molecule has 0 radical (unpaired) electrons. The number of aromatic nitrogens is 5. The zero-order chi connectivity index (χ0) is 32.2. The summed E-state index contributed by atoms with van der Waals surface area (Å²) in [7, 11) is -0.433. The summed E-state index contributed by atoms with van der Waals surface area (Å²) in [5.41, 5.74) is 2.70. The molecule has 1 aromatic carbocycles. The van der Waals surface area contributed by atoms with Gasteiger partial charge in [-0.25, -0.2) is 27.5 Å². The summed E-state index contributed by atoms with van der Waals surface area (Å²) in [4.78, 5) is 37.8. The monoisotopic (exact) mass is 656 g/mol. The number of anilines is 2. The number of nitrogens with one attached hydrogen (secondary N) is 2. The van der Waals surface area contributed by atoms with Gasteiger partial charge in [-0.15, -0.1) is 0 Å². The van der Waals surface area contributed by atoms with Crippen molar-refractivity contribution in [3.63, 3.8) is 0 Å². The molecule has 238 valence electrons. The van der Waals surface area contributed by atoms with Gasteiger partial charge in [-0.3, -0.25) is 18.8 Å². The molecule has 2 aliphatic rings. The molecule has 45 heavy (non-hydrogen) atoms. The zero-order valence-electron chi connectivity index (χ0n) is 25.3. The number of hydrogen-bond acceptors (Lipinski definition) is 9. The fraction of sp³-hybridized carbons (Fsp3) is 0.433. The van der Waals surface area contributed by atoms with Gasteiger partial charge in [-0.05, 0) is 62.3 Å². The topological polar surface area (TPSA) is 144 Å². The minimum Gasteiger partial charge on any atom is -0.377 e. The third-order valence-electron chi connectivity index (χ3n) is 8.43. The smallest absolute Gasteiger partial charge is 0.285 e. The molecule has 0 unspecified atom stereocenters. The van der Waals surface area contributed by atoms with E-state index in [1.807, 2.05) is 28.7 Å². The molecule has 1 atom stereocenters. The van der Waals surface area contributed by atoms with Crippen LogP contribution in [0.15, 0.2) is 35.3 Å². The van der Waals surface area contributed by atoms with E-state index in [9.17, 15) is 22.4 Å². The number of fused-ring (bicyclic) bond motifs is 1. The van der Waals surface area contributed by atoms with Gasteiger partial charge in [0, 0.05) is 38.7 Å². The lowest BCUT2D eigenvalue weighted by molar-refractivity contribution is 0.0977. The summed E-state index contributed by atoms with van der Waals surface area (Å²) in [6.45, 7) is 3.03. The van der Waals surface area contributed by atoms with Crippen LogP contribution in [0.25, 0.3) is 10.9 Å². The highest BCUT2D eigenvalue weighted by Crippen LogP contribution is 2.42. The second kappa shape index (κ2) is 11.7. The van der Waals surface area contributed by atoms with E-state index in [1.54, 1.807) is 24.7 Å². The number of hydrogen-bond donors (Lipinski definition) is 2. The van der Waals surface area contributed by atoms with Crippen molar-refractivity contribution < 1.29 is 17.6 Å². The molecule has 0 spiro atoms. The molecule has 12 nitrogen and oxygen atoms in total. The lowest BCUT2D eigenvalue weighted by Crippen LogP contribution is -2.38. The maximum Gasteiger partial charge on any atom is 0.285 e. The van der Waals surface area contributed by atoms with Gasteiger partial charge in [0.15, 0.2) is 11.5 Å². The largest absolute Gasteiger partial charge is 0.377 e. The van der Waals surface area contributed by atoms with Crippen molar-refractivity contribution in [2.45, 2.75) is 50.5 Å². The van der Waals surface area contributed by atoms with Crippen molar-refractivity contribution in [3.8, 4) is 0 Å². The first-order valence-electron chi connectivity index (χ1n) is 14.7. The Labute approximate surface area is 264 Å². The zero-order valence-corrected chi connectivity index (χ0v) is 26.9. The number of nitrogens with zero attached hydrogens (tertiary/aromatic N) is 6. The fourth-order valence-electron chi connectivity index (χ4n) is 6.04. The van der Waals surface area contributed by atoms with Crippen molar-refractivity contribution in [2.75, 3.05) is 29.6 Å². The van der Waals surface area contributed by atoms with Crippen molar-refractivity contribution in [3.05, 3.63) is 74.3 Å². The molecule has 1 amide bonds. The highest BCUT2D eigenvalue weighted by atomic mass is 35.5. The van der Waals surface area contributed by atoms with Crippen molar-refractivity contribution in [1.82, 2.24) is 29.0 Å². The number of rotatable bonds is 8. The molecular formula is C30H34ClFN8O4S. The third kappa shape index (κ3) is 6.39. The number of carbonyl (C=O) groups excluding carboxylic acids is 1. The highest BCUT2D eigenvalue weighted by molar-refractivity contribution is 7.89. The molecule has 4 heterocycles. The van der Waals surface area contributed by atoms with E-state index in [4.69, 9.17) is 16.6 Å². The maximum absolute atomic E-state index is 14.4. The average Bonchev–Trinajstić information content (AvgIpc) is 3.77. The first kappa shape index (κ1) is 31.0. The number of carbonyl (C=O) groups is 1. The molecule has 4 aromatic rings. The van der Waals surface area contributed by atoms with E-state index in [0.29, 0.717) is 54.4 Å². The van der Waals surface area contributed by atoms with Crippen LogP contribution >= 0.6 is 11.6 Å². The third-order valence-corrected chi connectivity index (χ3v) is 9.19. The van der Waals surface area contributed by atoms with Crippen molar-refractivity contribution >= 4 is 50.1 Å². The van der Waals surface area contributed by atoms with Gasteiger partial charge in [-0.1, -0.05) is 17.7 Å². The number of piperidine rings is 1. The number of benzene rings is 1. The minimum absolute atomic E-state index is 0.0251. The summed E-state index contributed by atoms with van der Waals surface area (Å²) in [5, 5.41) is 8.11. The van der Waals surface area contributed by atoms with Gasteiger partial charge < -0.3 is 10.2 Å². The summed E-state index contributed by atoms with van der Waals surface area (Å²) in [6.07, 6.45) is 5.64. The normalized spacial score (nSPS) is 16.6. The number of halogens is 2. The Morgan fingerprint density at radius 3 is 2.42 bits per heavy atom. The molecule has 15 heteroatoms. The second-order valence-corrected chi connectivity index (χ2v) is 14.1. The van der Waals surface area contributed by atoms with Gasteiger partial charge in [0.1, 0.15) is 10.8 Å². The van der Waals surface area contributed by atoms with Crippen molar-refractivity contribution in [1.29, 1.82) is 0 Å². The number of sulfonamides is 1.